The van der Waals surface area contributed by atoms with Gasteiger partial charge in [0.25, 0.3) is 10.0 Å². The van der Waals surface area contributed by atoms with E-state index < -0.39 is 10.0 Å². The van der Waals surface area contributed by atoms with E-state index in [9.17, 15) is 8.42 Å². The minimum Gasteiger partial charge on any atom is -0.330 e. The maximum Gasteiger partial charge on any atom is 0.252 e. The van der Waals surface area contributed by atoms with Crippen LogP contribution >= 0.6 is 27.3 Å². The van der Waals surface area contributed by atoms with Crippen LogP contribution in [0.1, 0.15) is 12.8 Å². The van der Waals surface area contributed by atoms with Gasteiger partial charge in [0.1, 0.15) is 4.21 Å². The predicted molar refractivity (Wildman–Crippen MR) is 72.6 cm³/mol. The van der Waals surface area contributed by atoms with Gasteiger partial charge in [-0.05, 0) is 53.4 Å². The van der Waals surface area contributed by atoms with Crippen LogP contribution in [-0.4, -0.2) is 32.4 Å². The van der Waals surface area contributed by atoms with Crippen molar-refractivity contribution in [1.82, 2.24) is 4.31 Å². The summed E-state index contributed by atoms with van der Waals surface area (Å²) in [6.45, 7) is 1.82. The third-order valence-corrected chi connectivity index (χ3v) is 7.04. The topological polar surface area (TPSA) is 63.4 Å². The van der Waals surface area contributed by atoms with Gasteiger partial charge >= 0.3 is 0 Å². The van der Waals surface area contributed by atoms with Gasteiger partial charge in [-0.15, -0.1) is 11.3 Å². The molecule has 17 heavy (non-hydrogen) atoms. The maximum atomic E-state index is 12.3. The van der Waals surface area contributed by atoms with Crippen molar-refractivity contribution in [3.8, 4) is 0 Å². The molecule has 1 aromatic heterocycles. The summed E-state index contributed by atoms with van der Waals surface area (Å²) in [7, 11) is -3.29. The number of piperidine rings is 1. The van der Waals surface area contributed by atoms with E-state index in [4.69, 9.17) is 5.73 Å². The molecule has 0 spiro atoms. The first-order valence-corrected chi connectivity index (χ1v) is 8.54. The standard InChI is InChI=1S/C10H15BrN2O2S2/c11-9-1-2-10(16-9)17(14,15)13-5-3-8(7-12)4-6-13/h1-2,8H,3-7,12H2. The van der Waals surface area contributed by atoms with Crippen molar-refractivity contribution < 1.29 is 8.42 Å². The zero-order valence-electron chi connectivity index (χ0n) is 9.30. The van der Waals surface area contributed by atoms with Crippen LogP contribution in [0.2, 0.25) is 0 Å². The fraction of sp³-hybridized carbons (Fsp3) is 0.600. The Morgan fingerprint density at radius 2 is 2.06 bits per heavy atom. The average Bonchev–Trinajstić information content (AvgIpc) is 2.77. The van der Waals surface area contributed by atoms with E-state index in [0.717, 1.165) is 16.6 Å². The van der Waals surface area contributed by atoms with E-state index in [2.05, 4.69) is 15.9 Å². The number of thiophene rings is 1. The van der Waals surface area contributed by atoms with Gasteiger partial charge in [-0.2, -0.15) is 4.31 Å². The molecule has 0 atom stereocenters. The van der Waals surface area contributed by atoms with Gasteiger partial charge in [-0.1, -0.05) is 0 Å². The molecule has 1 aromatic rings. The minimum atomic E-state index is -3.29. The molecule has 0 aliphatic carbocycles. The second-order valence-corrected chi connectivity index (χ2v) is 8.77. The zero-order chi connectivity index (χ0) is 12.5. The number of hydrogen-bond donors (Lipinski definition) is 1. The first-order valence-electron chi connectivity index (χ1n) is 5.49. The molecule has 1 saturated heterocycles. The molecule has 2 heterocycles. The van der Waals surface area contributed by atoms with E-state index in [1.54, 1.807) is 16.4 Å². The Hall–Kier alpha value is 0.0500. The summed E-state index contributed by atoms with van der Waals surface area (Å²) in [5.74, 6) is 0.469. The highest BCUT2D eigenvalue weighted by Crippen LogP contribution is 2.30. The summed E-state index contributed by atoms with van der Waals surface area (Å²) in [6.07, 6.45) is 1.73. The van der Waals surface area contributed by atoms with Crippen molar-refractivity contribution in [2.24, 2.45) is 11.7 Å². The fourth-order valence-electron chi connectivity index (χ4n) is 1.95. The lowest BCUT2D eigenvalue weighted by Crippen LogP contribution is -2.39. The first-order chi connectivity index (χ1) is 8.04. The Labute approximate surface area is 114 Å². The van der Waals surface area contributed by atoms with Crippen LogP contribution in [0.5, 0.6) is 0 Å². The Kier molecular flexibility index (Phi) is 4.25. The van der Waals surface area contributed by atoms with Crippen LogP contribution in [0.25, 0.3) is 0 Å². The number of hydrogen-bond acceptors (Lipinski definition) is 4. The summed E-state index contributed by atoms with van der Waals surface area (Å²) >= 11 is 4.55. The van der Waals surface area contributed by atoms with Crippen LogP contribution in [0.15, 0.2) is 20.1 Å². The van der Waals surface area contributed by atoms with Gasteiger partial charge in [-0.3, -0.25) is 0 Å². The molecule has 0 radical (unpaired) electrons. The molecule has 7 heteroatoms. The van der Waals surface area contributed by atoms with Gasteiger partial charge in [0.2, 0.25) is 0 Å². The molecule has 0 saturated carbocycles. The quantitative estimate of drug-likeness (QED) is 0.914. The summed E-state index contributed by atoms with van der Waals surface area (Å²) in [6, 6.07) is 3.42. The van der Waals surface area contributed by atoms with E-state index in [1.165, 1.54) is 11.3 Å². The van der Waals surface area contributed by atoms with Gasteiger partial charge in [0, 0.05) is 13.1 Å². The molecule has 0 unspecified atom stereocenters. The Balaban J connectivity index is 2.12. The molecule has 0 bridgehead atoms. The number of halogens is 1. The summed E-state index contributed by atoms with van der Waals surface area (Å²) in [4.78, 5) is 0. The molecule has 96 valence electrons. The SMILES string of the molecule is NCC1CCN(S(=O)(=O)c2ccc(Br)s2)CC1. The number of nitrogens with two attached hydrogens (primary N) is 1. The van der Waals surface area contributed by atoms with E-state index in [-0.39, 0.29) is 0 Å². The number of nitrogens with zero attached hydrogens (tertiary/aromatic N) is 1. The molecule has 2 N–H and O–H groups in total. The van der Waals surface area contributed by atoms with E-state index in [0.29, 0.717) is 29.8 Å². The van der Waals surface area contributed by atoms with E-state index >= 15 is 0 Å². The maximum absolute atomic E-state index is 12.3. The van der Waals surface area contributed by atoms with Crippen molar-refractivity contribution in [1.29, 1.82) is 0 Å². The van der Waals surface area contributed by atoms with Crippen molar-refractivity contribution >= 4 is 37.3 Å². The highest BCUT2D eigenvalue weighted by Gasteiger charge is 2.29. The highest BCUT2D eigenvalue weighted by atomic mass is 79.9. The lowest BCUT2D eigenvalue weighted by Gasteiger charge is -2.30. The van der Waals surface area contributed by atoms with Crippen molar-refractivity contribution in [3.05, 3.63) is 15.9 Å². The zero-order valence-corrected chi connectivity index (χ0v) is 12.5. The molecule has 0 amide bonds. The Morgan fingerprint density at radius 1 is 1.41 bits per heavy atom. The smallest absolute Gasteiger partial charge is 0.252 e. The fourth-order valence-corrected chi connectivity index (χ4v) is 5.58. The first kappa shape index (κ1) is 13.5. The van der Waals surface area contributed by atoms with Crippen LogP contribution in [0, 0.1) is 5.92 Å². The Morgan fingerprint density at radius 3 is 2.53 bits per heavy atom. The normalized spacial score (nSPS) is 19.6. The van der Waals surface area contributed by atoms with Gasteiger partial charge in [-0.25, -0.2) is 8.42 Å². The lowest BCUT2D eigenvalue weighted by molar-refractivity contribution is 0.279. The summed E-state index contributed by atoms with van der Waals surface area (Å²) in [5.41, 5.74) is 5.60. The molecular formula is C10H15BrN2O2S2. The second kappa shape index (κ2) is 5.36. The highest BCUT2D eigenvalue weighted by molar-refractivity contribution is 9.11. The molecule has 4 nitrogen and oxygen atoms in total. The van der Waals surface area contributed by atoms with Crippen LogP contribution in [0.3, 0.4) is 0 Å². The van der Waals surface area contributed by atoms with Gasteiger partial charge in [0.15, 0.2) is 0 Å². The van der Waals surface area contributed by atoms with Crippen LogP contribution in [-0.2, 0) is 10.0 Å². The third kappa shape index (κ3) is 2.90. The number of rotatable bonds is 3. The van der Waals surface area contributed by atoms with E-state index in [1.807, 2.05) is 0 Å². The van der Waals surface area contributed by atoms with Crippen molar-refractivity contribution in [2.45, 2.75) is 17.1 Å². The molecule has 0 aromatic carbocycles. The summed E-state index contributed by atoms with van der Waals surface area (Å²) in [5, 5.41) is 0. The minimum absolute atomic E-state index is 0.413. The Bertz CT molecular complexity index is 478. The second-order valence-electron chi connectivity index (χ2n) is 4.14. The lowest BCUT2D eigenvalue weighted by atomic mass is 9.99. The molecule has 2 rings (SSSR count). The van der Waals surface area contributed by atoms with Crippen molar-refractivity contribution in [3.63, 3.8) is 0 Å². The monoisotopic (exact) mass is 338 g/mol. The van der Waals surface area contributed by atoms with Crippen molar-refractivity contribution in [2.75, 3.05) is 19.6 Å². The molecule has 1 aliphatic heterocycles. The third-order valence-electron chi connectivity index (χ3n) is 3.05. The molecule has 1 fully saturated rings. The predicted octanol–water partition coefficient (Wildman–Crippen LogP) is 1.87. The largest absolute Gasteiger partial charge is 0.330 e. The average molecular weight is 339 g/mol. The van der Waals surface area contributed by atoms with Gasteiger partial charge < -0.3 is 5.73 Å². The van der Waals surface area contributed by atoms with Crippen LogP contribution in [0.4, 0.5) is 0 Å². The molecule has 1 aliphatic rings. The molecular weight excluding hydrogens is 324 g/mol. The summed E-state index contributed by atoms with van der Waals surface area (Å²) < 4.78 is 27.4. The van der Waals surface area contributed by atoms with Gasteiger partial charge in [0.05, 0.1) is 3.79 Å². The van der Waals surface area contributed by atoms with Crippen LogP contribution < -0.4 is 5.73 Å². The number of sulfonamides is 1.